The lowest BCUT2D eigenvalue weighted by molar-refractivity contribution is 0.226. The van der Waals surface area contributed by atoms with E-state index in [4.69, 9.17) is 5.73 Å². The molecule has 0 saturated heterocycles. The first kappa shape index (κ1) is 12.1. The number of hydrogen-bond donors (Lipinski definition) is 1. The Labute approximate surface area is 92.3 Å². The van der Waals surface area contributed by atoms with Gasteiger partial charge in [-0.15, -0.1) is 0 Å². The molecule has 0 bridgehead atoms. The maximum atomic E-state index is 6.00. The Morgan fingerprint density at radius 3 is 2.60 bits per heavy atom. The Balaban J connectivity index is 2.55. The van der Waals surface area contributed by atoms with Crippen LogP contribution in [-0.2, 0) is 6.54 Å². The van der Waals surface area contributed by atoms with Crippen LogP contribution in [0.4, 0.5) is 0 Å². The molecule has 0 aromatic carbocycles. The van der Waals surface area contributed by atoms with Crippen molar-refractivity contribution in [1.82, 2.24) is 9.88 Å². The number of likely N-dealkylation sites (N-methyl/N-ethyl adjacent to an activating group) is 1. The molecule has 1 rings (SSSR count). The Morgan fingerprint density at radius 1 is 1.40 bits per heavy atom. The molecule has 3 heteroatoms. The van der Waals surface area contributed by atoms with Gasteiger partial charge in [0.05, 0.1) is 5.69 Å². The monoisotopic (exact) mass is 207 g/mol. The van der Waals surface area contributed by atoms with E-state index >= 15 is 0 Å². The summed E-state index contributed by atoms with van der Waals surface area (Å²) in [5.41, 5.74) is 6.96. The average molecular weight is 207 g/mol. The highest BCUT2D eigenvalue weighted by Crippen LogP contribution is 2.06. The second kappa shape index (κ2) is 5.24. The molecule has 2 N–H and O–H groups in total. The fraction of sp³-hybridized carbons (Fsp3) is 0.583. The van der Waals surface area contributed by atoms with E-state index in [0.717, 1.165) is 25.3 Å². The van der Waals surface area contributed by atoms with Crippen molar-refractivity contribution in [2.45, 2.75) is 32.9 Å². The number of rotatable bonds is 5. The minimum absolute atomic E-state index is 0.148. The quantitative estimate of drug-likeness (QED) is 0.798. The summed E-state index contributed by atoms with van der Waals surface area (Å²) < 4.78 is 0. The number of nitrogens with two attached hydrogens (primary N) is 1. The molecule has 84 valence electrons. The normalized spacial score (nSPS) is 12.1. The van der Waals surface area contributed by atoms with Crippen LogP contribution in [0.5, 0.6) is 0 Å². The molecule has 0 unspecified atom stereocenters. The summed E-state index contributed by atoms with van der Waals surface area (Å²) in [6.07, 6.45) is 1.83. The van der Waals surface area contributed by atoms with Crippen LogP contribution in [0.1, 0.15) is 26.5 Å². The van der Waals surface area contributed by atoms with Crippen LogP contribution in [0.15, 0.2) is 24.4 Å². The summed E-state index contributed by atoms with van der Waals surface area (Å²) in [5, 5.41) is 0. The molecule has 1 heterocycles. The van der Waals surface area contributed by atoms with Gasteiger partial charge in [0.1, 0.15) is 0 Å². The highest BCUT2D eigenvalue weighted by molar-refractivity contribution is 5.03. The van der Waals surface area contributed by atoms with E-state index in [2.05, 4.69) is 16.8 Å². The van der Waals surface area contributed by atoms with Gasteiger partial charge in [-0.3, -0.25) is 9.88 Å². The van der Waals surface area contributed by atoms with Crippen LogP contribution >= 0.6 is 0 Å². The van der Waals surface area contributed by atoms with Gasteiger partial charge in [-0.2, -0.15) is 0 Å². The van der Waals surface area contributed by atoms with Gasteiger partial charge in [0.15, 0.2) is 0 Å². The SMILES string of the molecule is CCN(Cc1ccccn1)CC(C)(C)N. The summed E-state index contributed by atoms with van der Waals surface area (Å²) in [6, 6.07) is 6.00. The molecule has 0 spiro atoms. The van der Waals surface area contributed by atoms with Crippen LogP contribution in [0.25, 0.3) is 0 Å². The van der Waals surface area contributed by atoms with Crippen LogP contribution in [0.3, 0.4) is 0 Å². The van der Waals surface area contributed by atoms with E-state index in [0.29, 0.717) is 0 Å². The molecule has 15 heavy (non-hydrogen) atoms. The van der Waals surface area contributed by atoms with Gasteiger partial charge >= 0.3 is 0 Å². The van der Waals surface area contributed by atoms with Crippen molar-refractivity contribution in [3.05, 3.63) is 30.1 Å². The number of hydrogen-bond acceptors (Lipinski definition) is 3. The third-order valence-corrected chi connectivity index (χ3v) is 2.19. The van der Waals surface area contributed by atoms with Gasteiger partial charge < -0.3 is 5.73 Å². The van der Waals surface area contributed by atoms with Crippen molar-refractivity contribution in [3.63, 3.8) is 0 Å². The predicted octanol–water partition coefficient (Wildman–Crippen LogP) is 1.64. The number of aromatic nitrogens is 1. The third-order valence-electron chi connectivity index (χ3n) is 2.19. The molecule has 0 aliphatic heterocycles. The van der Waals surface area contributed by atoms with Crippen molar-refractivity contribution >= 4 is 0 Å². The summed E-state index contributed by atoms with van der Waals surface area (Å²) in [7, 11) is 0. The maximum absolute atomic E-state index is 6.00. The molecular formula is C12H21N3. The highest BCUT2D eigenvalue weighted by Gasteiger charge is 2.15. The first-order valence-electron chi connectivity index (χ1n) is 5.42. The molecule has 0 saturated carbocycles. The number of nitrogens with zero attached hydrogens (tertiary/aromatic N) is 2. The van der Waals surface area contributed by atoms with Crippen LogP contribution < -0.4 is 5.73 Å². The smallest absolute Gasteiger partial charge is 0.0543 e. The van der Waals surface area contributed by atoms with E-state index in [1.165, 1.54) is 0 Å². The second-order valence-electron chi connectivity index (χ2n) is 4.61. The Hall–Kier alpha value is -0.930. The van der Waals surface area contributed by atoms with Gasteiger partial charge in [-0.25, -0.2) is 0 Å². The van der Waals surface area contributed by atoms with E-state index in [1.807, 2.05) is 38.2 Å². The molecule has 0 atom stereocenters. The molecule has 0 aliphatic rings. The minimum atomic E-state index is -0.148. The van der Waals surface area contributed by atoms with Gasteiger partial charge in [0, 0.05) is 24.8 Å². The van der Waals surface area contributed by atoms with Crippen LogP contribution in [-0.4, -0.2) is 28.5 Å². The second-order valence-corrected chi connectivity index (χ2v) is 4.61. The standard InChI is InChI=1S/C12H21N3/c1-4-15(10-12(2,3)13)9-11-7-5-6-8-14-11/h5-8H,4,9-10,13H2,1-3H3. The summed E-state index contributed by atoms with van der Waals surface area (Å²) in [6.45, 7) is 9.01. The van der Waals surface area contributed by atoms with Crippen molar-refractivity contribution in [1.29, 1.82) is 0 Å². The lowest BCUT2D eigenvalue weighted by Gasteiger charge is -2.28. The maximum Gasteiger partial charge on any atom is 0.0543 e. The predicted molar refractivity (Wildman–Crippen MR) is 63.5 cm³/mol. The fourth-order valence-corrected chi connectivity index (χ4v) is 1.58. The molecule has 1 aromatic heterocycles. The fourth-order valence-electron chi connectivity index (χ4n) is 1.58. The molecule has 0 fully saturated rings. The van der Waals surface area contributed by atoms with E-state index < -0.39 is 0 Å². The zero-order chi connectivity index (χ0) is 11.3. The molecule has 3 nitrogen and oxygen atoms in total. The summed E-state index contributed by atoms with van der Waals surface area (Å²) in [5.74, 6) is 0. The summed E-state index contributed by atoms with van der Waals surface area (Å²) >= 11 is 0. The minimum Gasteiger partial charge on any atom is -0.324 e. The van der Waals surface area contributed by atoms with Crippen LogP contribution in [0.2, 0.25) is 0 Å². The Morgan fingerprint density at radius 2 is 2.13 bits per heavy atom. The highest BCUT2D eigenvalue weighted by atomic mass is 15.1. The van der Waals surface area contributed by atoms with Crippen molar-refractivity contribution in [2.75, 3.05) is 13.1 Å². The van der Waals surface area contributed by atoms with Gasteiger partial charge in [-0.1, -0.05) is 13.0 Å². The first-order chi connectivity index (χ1) is 7.01. The van der Waals surface area contributed by atoms with Gasteiger partial charge in [0.25, 0.3) is 0 Å². The van der Waals surface area contributed by atoms with Crippen molar-refractivity contribution in [2.24, 2.45) is 5.73 Å². The van der Waals surface area contributed by atoms with Crippen molar-refractivity contribution < 1.29 is 0 Å². The topological polar surface area (TPSA) is 42.2 Å². The first-order valence-corrected chi connectivity index (χ1v) is 5.42. The van der Waals surface area contributed by atoms with Crippen molar-refractivity contribution in [3.8, 4) is 0 Å². The Bertz CT molecular complexity index is 277. The average Bonchev–Trinajstić information content (AvgIpc) is 2.16. The zero-order valence-corrected chi connectivity index (χ0v) is 9.90. The molecule has 0 radical (unpaired) electrons. The van der Waals surface area contributed by atoms with Gasteiger partial charge in [-0.05, 0) is 32.5 Å². The molecule has 0 amide bonds. The lowest BCUT2D eigenvalue weighted by atomic mass is 10.1. The largest absolute Gasteiger partial charge is 0.324 e. The molecule has 1 aromatic rings. The van der Waals surface area contributed by atoms with E-state index in [9.17, 15) is 0 Å². The molecule has 0 aliphatic carbocycles. The molecular weight excluding hydrogens is 186 g/mol. The van der Waals surface area contributed by atoms with Gasteiger partial charge in [0.2, 0.25) is 0 Å². The zero-order valence-electron chi connectivity index (χ0n) is 9.90. The number of pyridine rings is 1. The third kappa shape index (κ3) is 4.91. The van der Waals surface area contributed by atoms with E-state index in [-0.39, 0.29) is 5.54 Å². The van der Waals surface area contributed by atoms with Crippen LogP contribution in [0, 0.1) is 0 Å². The lowest BCUT2D eigenvalue weighted by Crippen LogP contribution is -2.45. The Kier molecular flexibility index (Phi) is 4.24. The summed E-state index contributed by atoms with van der Waals surface area (Å²) in [4.78, 5) is 6.62. The van der Waals surface area contributed by atoms with E-state index in [1.54, 1.807) is 0 Å².